The number of hydrogen-bond acceptors (Lipinski definition) is 11. The van der Waals surface area contributed by atoms with E-state index in [1.54, 1.807) is 18.2 Å². The van der Waals surface area contributed by atoms with Gasteiger partial charge in [-0.1, -0.05) is 11.2 Å². The second kappa shape index (κ2) is 12.9. The van der Waals surface area contributed by atoms with Crippen LogP contribution < -0.4 is 26.0 Å². The number of anilines is 3. The van der Waals surface area contributed by atoms with Crippen LogP contribution in [-0.4, -0.2) is 83.2 Å². The summed E-state index contributed by atoms with van der Waals surface area (Å²) in [6.07, 6.45) is 4.62. The molecule has 0 bridgehead atoms. The lowest BCUT2D eigenvalue weighted by Crippen LogP contribution is -2.32. The summed E-state index contributed by atoms with van der Waals surface area (Å²) in [5.41, 5.74) is 0.490. The van der Waals surface area contributed by atoms with Gasteiger partial charge in [0.15, 0.2) is 17.3 Å². The molecule has 3 heterocycles. The van der Waals surface area contributed by atoms with Crippen LogP contribution in [0.15, 0.2) is 28.8 Å². The maximum atomic E-state index is 12.8. The molecular formula is C28H35N9O5. The molecule has 1 saturated carbocycles. The van der Waals surface area contributed by atoms with Crippen LogP contribution >= 0.6 is 0 Å². The summed E-state index contributed by atoms with van der Waals surface area (Å²) in [7, 11) is 3.52. The van der Waals surface area contributed by atoms with E-state index in [9.17, 15) is 14.4 Å². The molecule has 3 amide bonds. The molecule has 222 valence electrons. The molecule has 2 aromatic heterocycles. The van der Waals surface area contributed by atoms with Crippen molar-refractivity contribution < 1.29 is 27.8 Å². The number of hydrogen-bond donors (Lipinski definition) is 4. The van der Waals surface area contributed by atoms with Gasteiger partial charge in [0.25, 0.3) is 5.91 Å². The van der Waals surface area contributed by atoms with E-state index in [2.05, 4.69) is 48.2 Å². The lowest BCUT2D eigenvalue weighted by molar-refractivity contribution is -0.121. The van der Waals surface area contributed by atoms with E-state index in [-0.39, 0.29) is 58.8 Å². The number of benzene rings is 1. The number of carbonyl (C=O) groups excluding carboxylic acids is 3. The normalized spacial score (nSPS) is 18.0. The minimum Gasteiger partial charge on any atom is -0.494 e. The summed E-state index contributed by atoms with van der Waals surface area (Å²) in [5.74, 6) is -0.942. The third-order valence-electron chi connectivity index (χ3n) is 7.30. The van der Waals surface area contributed by atoms with Crippen LogP contribution in [0.4, 0.5) is 17.2 Å². The zero-order valence-electron chi connectivity index (χ0n) is 26.4. The van der Waals surface area contributed by atoms with E-state index in [1.165, 1.54) is 19.6 Å². The fourth-order valence-electron chi connectivity index (χ4n) is 4.88. The Balaban J connectivity index is 1.33. The summed E-state index contributed by atoms with van der Waals surface area (Å²) < 4.78 is 33.2. The van der Waals surface area contributed by atoms with Gasteiger partial charge in [0.2, 0.25) is 23.5 Å². The number of rotatable bonds is 12. The highest BCUT2D eigenvalue weighted by Gasteiger charge is 2.30. The first kappa shape index (κ1) is 25.1. The zero-order valence-corrected chi connectivity index (χ0v) is 23.4. The Morgan fingerprint density at radius 2 is 2.05 bits per heavy atom. The Hall–Kier alpha value is -4.59. The van der Waals surface area contributed by atoms with E-state index in [0.29, 0.717) is 23.8 Å². The number of para-hydroxylation sites is 1. The van der Waals surface area contributed by atoms with Crippen molar-refractivity contribution in [1.82, 2.24) is 35.9 Å². The fourth-order valence-corrected chi connectivity index (χ4v) is 4.88. The average molecular weight is 581 g/mol. The van der Waals surface area contributed by atoms with Crippen LogP contribution in [0.1, 0.15) is 52.6 Å². The number of nitrogens with zero attached hydrogens (tertiary/aromatic N) is 5. The van der Waals surface area contributed by atoms with Gasteiger partial charge in [0.05, 0.1) is 24.0 Å². The number of nitrogens with one attached hydrogen (secondary N) is 4. The molecule has 1 aromatic carbocycles. The Morgan fingerprint density at radius 1 is 1.19 bits per heavy atom. The molecule has 0 spiro atoms. The maximum absolute atomic E-state index is 12.8. The second-order valence-electron chi connectivity index (χ2n) is 10.3. The highest BCUT2D eigenvalue weighted by atomic mass is 16.5. The monoisotopic (exact) mass is 580 g/mol. The van der Waals surface area contributed by atoms with E-state index in [4.69, 9.17) is 13.4 Å². The standard InChI is InChI=1S/C28H35N9O5/c1-29-28(40)24-20(14-21(34-35-24)32-27(39)16-9-10-16)31-19-8-4-7-18(25(19)41-3)26-33-23(42-36-26)15-22(38)30-12-11-17-6-5-13-37(17)2/h4,7-8,14,16-17H,5-6,9-13,15H2,1-3H3,(H,29,40)(H,30,38)(H2,31,32,34,39)/i1D3. The van der Waals surface area contributed by atoms with E-state index < -0.39 is 12.9 Å². The summed E-state index contributed by atoms with van der Waals surface area (Å²) in [6, 6.07) is 6.86. The van der Waals surface area contributed by atoms with Crippen molar-refractivity contribution in [2.45, 2.75) is 44.6 Å². The average Bonchev–Trinajstić information content (AvgIpc) is 3.61. The molecule has 5 rings (SSSR count). The molecule has 1 saturated heterocycles. The number of amides is 3. The third kappa shape index (κ3) is 6.82. The van der Waals surface area contributed by atoms with Crippen LogP contribution in [-0.2, 0) is 16.0 Å². The first-order valence-electron chi connectivity index (χ1n) is 15.3. The molecule has 4 N–H and O–H groups in total. The van der Waals surface area contributed by atoms with Gasteiger partial charge in [-0.15, -0.1) is 10.2 Å². The molecule has 1 atom stereocenters. The van der Waals surface area contributed by atoms with Crippen LogP contribution in [0.25, 0.3) is 11.4 Å². The van der Waals surface area contributed by atoms with Crippen LogP contribution in [0, 0.1) is 5.92 Å². The van der Waals surface area contributed by atoms with Gasteiger partial charge in [-0.05, 0) is 57.8 Å². The van der Waals surface area contributed by atoms with E-state index in [1.807, 2.05) is 5.32 Å². The summed E-state index contributed by atoms with van der Waals surface area (Å²) in [6.45, 7) is -1.14. The van der Waals surface area contributed by atoms with Crippen molar-refractivity contribution >= 4 is 34.9 Å². The number of methoxy groups -OCH3 is 1. The second-order valence-corrected chi connectivity index (χ2v) is 10.3. The Morgan fingerprint density at radius 3 is 2.79 bits per heavy atom. The van der Waals surface area contributed by atoms with Gasteiger partial charge in [-0.3, -0.25) is 14.4 Å². The molecule has 2 aliphatic rings. The highest BCUT2D eigenvalue weighted by molar-refractivity contribution is 6.00. The number of ether oxygens (including phenoxy) is 1. The van der Waals surface area contributed by atoms with Crippen molar-refractivity contribution in [2.75, 3.05) is 44.9 Å². The van der Waals surface area contributed by atoms with Gasteiger partial charge in [0.1, 0.15) is 6.42 Å². The lowest BCUT2D eigenvalue weighted by atomic mass is 10.1. The van der Waals surface area contributed by atoms with E-state index >= 15 is 0 Å². The molecule has 2 fully saturated rings. The SMILES string of the molecule is [2H]C([2H])([2H])NC(=O)c1nnc(NC(=O)C2CC2)cc1Nc1cccc(-c2noc(CC(=O)NCCC3CCCN3C)n2)c1OC. The molecule has 14 heteroatoms. The van der Waals surface area contributed by atoms with Crippen molar-refractivity contribution in [3.63, 3.8) is 0 Å². The van der Waals surface area contributed by atoms with E-state index in [0.717, 1.165) is 32.2 Å². The number of carbonyl (C=O) groups is 3. The molecule has 1 unspecified atom stereocenters. The van der Waals surface area contributed by atoms with Crippen molar-refractivity contribution in [2.24, 2.45) is 5.92 Å². The van der Waals surface area contributed by atoms with Crippen LogP contribution in [0.3, 0.4) is 0 Å². The third-order valence-corrected chi connectivity index (χ3v) is 7.30. The van der Waals surface area contributed by atoms with Crippen molar-refractivity contribution in [1.29, 1.82) is 0 Å². The molecule has 42 heavy (non-hydrogen) atoms. The Bertz CT molecular complexity index is 1560. The quantitative estimate of drug-likeness (QED) is 0.247. The van der Waals surface area contributed by atoms with Gasteiger partial charge in [0, 0.05) is 35.7 Å². The minimum absolute atomic E-state index is 0.0579. The molecular weight excluding hydrogens is 542 g/mol. The van der Waals surface area contributed by atoms with Crippen molar-refractivity contribution in [3.05, 3.63) is 35.9 Å². The van der Waals surface area contributed by atoms with Gasteiger partial charge >= 0.3 is 0 Å². The van der Waals surface area contributed by atoms with Crippen LogP contribution in [0.5, 0.6) is 5.75 Å². The maximum Gasteiger partial charge on any atom is 0.273 e. The largest absolute Gasteiger partial charge is 0.494 e. The van der Waals surface area contributed by atoms with Gasteiger partial charge in [-0.2, -0.15) is 4.98 Å². The molecule has 14 nitrogen and oxygen atoms in total. The van der Waals surface area contributed by atoms with Crippen molar-refractivity contribution in [3.8, 4) is 17.1 Å². The molecule has 3 aromatic rings. The lowest BCUT2D eigenvalue weighted by Gasteiger charge is -2.19. The molecule has 0 radical (unpaired) electrons. The number of aromatic nitrogens is 4. The first-order chi connectivity index (χ1) is 21.5. The topological polar surface area (TPSA) is 176 Å². The smallest absolute Gasteiger partial charge is 0.273 e. The van der Waals surface area contributed by atoms with Gasteiger partial charge in [-0.25, -0.2) is 0 Å². The molecule has 1 aliphatic heterocycles. The first-order valence-corrected chi connectivity index (χ1v) is 13.8. The summed E-state index contributed by atoms with van der Waals surface area (Å²) >= 11 is 0. The van der Waals surface area contributed by atoms with Crippen LogP contribution in [0.2, 0.25) is 0 Å². The zero-order chi connectivity index (χ0) is 32.1. The molecule has 1 aliphatic carbocycles. The fraction of sp³-hybridized carbons (Fsp3) is 0.464. The highest BCUT2D eigenvalue weighted by Crippen LogP contribution is 2.37. The summed E-state index contributed by atoms with van der Waals surface area (Å²) in [4.78, 5) is 44.3. The minimum atomic E-state index is -2.77. The number of likely N-dealkylation sites (tertiary alicyclic amines) is 1. The Labute approximate surface area is 247 Å². The summed E-state index contributed by atoms with van der Waals surface area (Å²) in [5, 5.41) is 22.3. The predicted octanol–water partition coefficient (Wildman–Crippen LogP) is 2.13. The Kier molecular flexibility index (Phi) is 7.74. The predicted molar refractivity (Wildman–Crippen MR) is 153 cm³/mol. The van der Waals surface area contributed by atoms with Gasteiger partial charge < -0.3 is 35.4 Å².